The van der Waals surface area contributed by atoms with Crippen LogP contribution in [0.1, 0.15) is 5.56 Å². The maximum Gasteiger partial charge on any atom is 0.310 e. The number of carbonyl (C=O) groups excluding carboxylic acids is 1. The van der Waals surface area contributed by atoms with Crippen molar-refractivity contribution < 1.29 is 19.4 Å². The number of hydrogen-bond donors (Lipinski definition) is 0. The summed E-state index contributed by atoms with van der Waals surface area (Å²) in [4.78, 5) is 37.0. The molecule has 0 bridgehead atoms. The average Bonchev–Trinajstić information content (AvgIpc) is 2.72. The van der Waals surface area contributed by atoms with E-state index < -0.39 is 9.85 Å². The second-order valence-corrected chi connectivity index (χ2v) is 6.66. The normalized spacial score (nSPS) is 13.8. The molecule has 0 radical (unpaired) electrons. The molecule has 0 aliphatic carbocycles. The minimum absolute atomic E-state index is 0.0324. The SMILES string of the molecule is Cc1ccc([N+](=O)[O-])c(OCC(=O)N2CCN(c3ccc([N+](=O)[O-])cc3)CC2)c1. The Hall–Kier alpha value is -3.69. The molecule has 0 N–H and O–H groups in total. The van der Waals surface area contributed by atoms with Gasteiger partial charge in [-0.2, -0.15) is 0 Å². The molecule has 1 amide bonds. The number of hydrogen-bond acceptors (Lipinski definition) is 7. The lowest BCUT2D eigenvalue weighted by Gasteiger charge is -2.36. The van der Waals surface area contributed by atoms with Gasteiger partial charge >= 0.3 is 5.69 Å². The number of non-ortho nitro benzene ring substituents is 1. The molecule has 0 spiro atoms. The summed E-state index contributed by atoms with van der Waals surface area (Å²) in [5.74, 6) is -0.169. The second kappa shape index (κ2) is 8.55. The van der Waals surface area contributed by atoms with E-state index in [0.29, 0.717) is 26.2 Å². The average molecular weight is 400 g/mol. The third kappa shape index (κ3) is 4.78. The highest BCUT2D eigenvalue weighted by Crippen LogP contribution is 2.28. The Balaban J connectivity index is 1.55. The highest BCUT2D eigenvalue weighted by atomic mass is 16.6. The molecule has 10 nitrogen and oxygen atoms in total. The quantitative estimate of drug-likeness (QED) is 0.540. The minimum Gasteiger partial charge on any atom is -0.477 e. The predicted octanol–water partition coefficient (Wildman–Crippen LogP) is 2.54. The molecule has 1 aliphatic rings. The lowest BCUT2D eigenvalue weighted by atomic mass is 10.2. The van der Waals surface area contributed by atoms with Crippen LogP contribution in [0.25, 0.3) is 0 Å². The highest BCUT2D eigenvalue weighted by Gasteiger charge is 2.23. The number of amides is 1. The molecule has 2 aromatic rings. The summed E-state index contributed by atoms with van der Waals surface area (Å²) in [6.07, 6.45) is 0. The lowest BCUT2D eigenvalue weighted by molar-refractivity contribution is -0.385. The number of nitro benzene ring substituents is 2. The minimum atomic E-state index is -0.539. The zero-order valence-electron chi connectivity index (χ0n) is 15.8. The van der Waals surface area contributed by atoms with E-state index in [1.54, 1.807) is 30.0 Å². The summed E-state index contributed by atoms with van der Waals surface area (Å²) in [6.45, 7) is 3.60. The number of benzene rings is 2. The van der Waals surface area contributed by atoms with Gasteiger partial charge in [-0.3, -0.25) is 25.0 Å². The summed E-state index contributed by atoms with van der Waals surface area (Å²) < 4.78 is 5.43. The summed E-state index contributed by atoms with van der Waals surface area (Å²) >= 11 is 0. The van der Waals surface area contributed by atoms with E-state index in [9.17, 15) is 25.0 Å². The van der Waals surface area contributed by atoms with Crippen molar-refractivity contribution in [3.05, 3.63) is 68.3 Å². The predicted molar refractivity (Wildman–Crippen MR) is 105 cm³/mol. The van der Waals surface area contributed by atoms with Gasteiger partial charge in [-0.25, -0.2) is 0 Å². The first kappa shape index (κ1) is 20.1. The maximum atomic E-state index is 12.4. The highest BCUT2D eigenvalue weighted by molar-refractivity contribution is 5.78. The number of aryl methyl sites for hydroxylation is 1. The molecule has 1 fully saturated rings. The third-order valence-corrected chi connectivity index (χ3v) is 4.72. The van der Waals surface area contributed by atoms with Crippen molar-refractivity contribution >= 4 is 23.0 Å². The number of piperazine rings is 1. The summed E-state index contributed by atoms with van der Waals surface area (Å²) in [6, 6.07) is 10.8. The Bertz CT molecular complexity index is 923. The molecule has 152 valence electrons. The fraction of sp³-hybridized carbons (Fsp3) is 0.316. The van der Waals surface area contributed by atoms with Crippen LogP contribution in [0.15, 0.2) is 42.5 Å². The molecule has 1 heterocycles. The van der Waals surface area contributed by atoms with E-state index in [4.69, 9.17) is 4.74 Å². The van der Waals surface area contributed by atoms with Crippen LogP contribution >= 0.6 is 0 Å². The number of carbonyl (C=O) groups is 1. The van der Waals surface area contributed by atoms with Gasteiger partial charge in [0.1, 0.15) is 0 Å². The molecular formula is C19H20N4O6. The summed E-state index contributed by atoms with van der Waals surface area (Å²) in [7, 11) is 0. The lowest BCUT2D eigenvalue weighted by Crippen LogP contribution is -2.50. The molecule has 0 unspecified atom stereocenters. The van der Waals surface area contributed by atoms with Crippen molar-refractivity contribution in [1.82, 2.24) is 4.90 Å². The van der Waals surface area contributed by atoms with Gasteiger partial charge in [-0.15, -0.1) is 0 Å². The molecule has 0 aromatic heterocycles. The van der Waals surface area contributed by atoms with E-state index in [0.717, 1.165) is 11.3 Å². The zero-order valence-corrected chi connectivity index (χ0v) is 15.8. The van der Waals surface area contributed by atoms with E-state index in [1.807, 2.05) is 4.90 Å². The van der Waals surface area contributed by atoms with Crippen molar-refractivity contribution in [1.29, 1.82) is 0 Å². The standard InChI is InChI=1S/C19H20N4O6/c1-14-2-7-17(23(27)28)18(12-14)29-13-19(24)21-10-8-20(9-11-21)15-3-5-16(6-4-15)22(25)26/h2-7,12H,8-11,13H2,1H3. The molecule has 0 atom stereocenters. The fourth-order valence-corrected chi connectivity index (χ4v) is 3.12. The van der Waals surface area contributed by atoms with Gasteiger partial charge in [-0.1, -0.05) is 6.07 Å². The Morgan fingerprint density at radius 2 is 1.66 bits per heavy atom. The number of rotatable bonds is 6. The molecule has 29 heavy (non-hydrogen) atoms. The first-order chi connectivity index (χ1) is 13.8. The van der Waals surface area contributed by atoms with Crippen LogP contribution in [0.2, 0.25) is 0 Å². The van der Waals surface area contributed by atoms with Crippen molar-refractivity contribution in [2.24, 2.45) is 0 Å². The van der Waals surface area contributed by atoms with Crippen LogP contribution < -0.4 is 9.64 Å². The van der Waals surface area contributed by atoms with Crippen LogP contribution in [0.4, 0.5) is 17.1 Å². The van der Waals surface area contributed by atoms with E-state index in [-0.39, 0.29) is 29.6 Å². The van der Waals surface area contributed by atoms with Gasteiger partial charge in [-0.05, 0) is 30.7 Å². The second-order valence-electron chi connectivity index (χ2n) is 6.66. The molecule has 0 saturated carbocycles. The van der Waals surface area contributed by atoms with E-state index >= 15 is 0 Å². The molecule has 1 saturated heterocycles. The molecule has 10 heteroatoms. The Morgan fingerprint density at radius 3 is 2.24 bits per heavy atom. The number of nitrogens with zero attached hydrogens (tertiary/aromatic N) is 4. The van der Waals surface area contributed by atoms with Gasteiger partial charge in [0.2, 0.25) is 0 Å². The van der Waals surface area contributed by atoms with Crippen molar-refractivity contribution in [3.8, 4) is 5.75 Å². The van der Waals surface area contributed by atoms with Crippen LogP contribution in [0, 0.1) is 27.2 Å². The van der Waals surface area contributed by atoms with E-state index in [2.05, 4.69) is 0 Å². The Kier molecular flexibility index (Phi) is 5.91. The summed E-state index contributed by atoms with van der Waals surface area (Å²) in [5, 5.41) is 21.8. The van der Waals surface area contributed by atoms with Gasteiger partial charge in [0.25, 0.3) is 11.6 Å². The van der Waals surface area contributed by atoms with Gasteiger partial charge < -0.3 is 14.5 Å². The van der Waals surface area contributed by atoms with Gasteiger partial charge in [0, 0.05) is 50.1 Å². The van der Waals surface area contributed by atoms with Crippen LogP contribution in [0.3, 0.4) is 0 Å². The zero-order chi connectivity index (χ0) is 21.0. The Labute approximate surface area is 166 Å². The molecule has 2 aromatic carbocycles. The first-order valence-electron chi connectivity index (χ1n) is 9.00. The van der Waals surface area contributed by atoms with E-state index in [1.165, 1.54) is 24.3 Å². The molecule has 1 aliphatic heterocycles. The smallest absolute Gasteiger partial charge is 0.310 e. The van der Waals surface area contributed by atoms with Crippen LogP contribution in [-0.4, -0.2) is 53.4 Å². The molecular weight excluding hydrogens is 380 g/mol. The monoisotopic (exact) mass is 400 g/mol. The third-order valence-electron chi connectivity index (χ3n) is 4.72. The number of anilines is 1. The first-order valence-corrected chi connectivity index (χ1v) is 9.00. The number of nitro groups is 2. The van der Waals surface area contributed by atoms with Crippen molar-refractivity contribution in [2.45, 2.75) is 6.92 Å². The van der Waals surface area contributed by atoms with Crippen LogP contribution in [0.5, 0.6) is 5.75 Å². The molecule has 3 rings (SSSR count). The summed E-state index contributed by atoms with van der Waals surface area (Å²) in [5.41, 5.74) is 1.51. The number of ether oxygens (including phenoxy) is 1. The topological polar surface area (TPSA) is 119 Å². The van der Waals surface area contributed by atoms with Crippen molar-refractivity contribution in [2.75, 3.05) is 37.7 Å². The van der Waals surface area contributed by atoms with Gasteiger partial charge in [0.15, 0.2) is 12.4 Å². The largest absolute Gasteiger partial charge is 0.477 e. The fourth-order valence-electron chi connectivity index (χ4n) is 3.12. The van der Waals surface area contributed by atoms with Crippen LogP contribution in [-0.2, 0) is 4.79 Å². The van der Waals surface area contributed by atoms with Gasteiger partial charge in [0.05, 0.1) is 9.85 Å². The Morgan fingerprint density at radius 1 is 1.00 bits per heavy atom. The maximum absolute atomic E-state index is 12.4. The van der Waals surface area contributed by atoms with Crippen molar-refractivity contribution in [3.63, 3.8) is 0 Å².